The molecule has 2 aromatic carbocycles. The molecule has 0 saturated heterocycles. The molecule has 0 radical (unpaired) electrons. The van der Waals surface area contributed by atoms with Gasteiger partial charge in [0.15, 0.2) is 17.3 Å². The lowest BCUT2D eigenvalue weighted by Crippen LogP contribution is -2.39. The summed E-state index contributed by atoms with van der Waals surface area (Å²) in [5, 5.41) is 0. The van der Waals surface area contributed by atoms with Gasteiger partial charge in [-0.05, 0) is 38.0 Å². The van der Waals surface area contributed by atoms with Crippen LogP contribution >= 0.6 is 0 Å². The second kappa shape index (κ2) is 8.63. The highest BCUT2D eigenvalue weighted by Crippen LogP contribution is 2.44. The molecule has 7 heteroatoms. The van der Waals surface area contributed by atoms with Crippen LogP contribution in [-0.2, 0) is 6.54 Å². The van der Waals surface area contributed by atoms with Crippen LogP contribution in [0.15, 0.2) is 24.0 Å². The average molecular weight is 452 g/mol. The van der Waals surface area contributed by atoms with Gasteiger partial charge in [0.1, 0.15) is 24.0 Å². The van der Waals surface area contributed by atoms with E-state index >= 15 is 0 Å². The molecule has 1 saturated carbocycles. The van der Waals surface area contributed by atoms with Crippen LogP contribution in [0.5, 0.6) is 28.7 Å². The molecule has 174 valence electrons. The number of rotatable bonds is 5. The Kier molecular flexibility index (Phi) is 5.66. The Labute approximate surface area is 193 Å². The lowest BCUT2D eigenvalue weighted by molar-refractivity contribution is 0.0570. The molecule has 0 unspecified atom stereocenters. The Morgan fingerprint density at radius 2 is 1.67 bits per heavy atom. The smallest absolute Gasteiger partial charge is 0.231 e. The SMILES string of the molecule is COc1cc(OC)c(OC)cc1/C=C1\Oc2c(cc3c(c2C)OCN(C2CCCC2)C3)C1=O. The molecule has 33 heavy (non-hydrogen) atoms. The van der Waals surface area contributed by atoms with E-state index in [9.17, 15) is 4.79 Å². The molecule has 2 aliphatic heterocycles. The van der Waals surface area contributed by atoms with E-state index in [1.54, 1.807) is 39.5 Å². The summed E-state index contributed by atoms with van der Waals surface area (Å²) < 4.78 is 28.5. The first-order valence-corrected chi connectivity index (χ1v) is 11.3. The molecular weight excluding hydrogens is 422 g/mol. The van der Waals surface area contributed by atoms with Crippen molar-refractivity contribution in [2.24, 2.45) is 0 Å². The third-order valence-electron chi connectivity index (χ3n) is 6.83. The van der Waals surface area contributed by atoms with Crippen molar-refractivity contribution in [3.8, 4) is 28.7 Å². The largest absolute Gasteiger partial charge is 0.496 e. The molecule has 7 nitrogen and oxygen atoms in total. The van der Waals surface area contributed by atoms with Gasteiger partial charge < -0.3 is 23.7 Å². The van der Waals surface area contributed by atoms with Crippen LogP contribution in [0.4, 0.5) is 0 Å². The maximum atomic E-state index is 13.3. The van der Waals surface area contributed by atoms with Crippen LogP contribution in [0, 0.1) is 6.92 Å². The standard InChI is InChI=1S/C26H29NO6/c1-15-25-17(13-27(14-32-25)18-7-5-6-8-18)9-19-24(28)23(33-26(15)19)11-16-10-21(30-3)22(31-4)12-20(16)29-2/h9-12,18H,5-8,13-14H2,1-4H3/b23-11-. The number of nitrogens with zero attached hydrogens (tertiary/aromatic N) is 1. The minimum Gasteiger partial charge on any atom is -0.496 e. The zero-order chi connectivity index (χ0) is 23.1. The first-order valence-electron chi connectivity index (χ1n) is 11.3. The van der Waals surface area contributed by atoms with E-state index in [4.69, 9.17) is 23.7 Å². The van der Waals surface area contributed by atoms with Crippen LogP contribution in [0.2, 0.25) is 0 Å². The molecule has 0 amide bonds. The van der Waals surface area contributed by atoms with Gasteiger partial charge in [0, 0.05) is 35.3 Å². The van der Waals surface area contributed by atoms with Crippen LogP contribution in [0.3, 0.4) is 0 Å². The van der Waals surface area contributed by atoms with Gasteiger partial charge in [-0.15, -0.1) is 0 Å². The quantitative estimate of drug-likeness (QED) is 0.609. The van der Waals surface area contributed by atoms with E-state index in [1.807, 2.05) is 13.0 Å². The average Bonchev–Trinajstić information content (AvgIpc) is 3.48. The Hall–Kier alpha value is -3.19. The van der Waals surface area contributed by atoms with Gasteiger partial charge >= 0.3 is 0 Å². The monoisotopic (exact) mass is 451 g/mol. The third kappa shape index (κ3) is 3.70. The minimum absolute atomic E-state index is 0.147. The van der Waals surface area contributed by atoms with Gasteiger partial charge in [0.2, 0.25) is 5.78 Å². The Morgan fingerprint density at radius 1 is 0.970 bits per heavy atom. The number of fused-ring (bicyclic) bond motifs is 2. The number of benzene rings is 2. The van der Waals surface area contributed by atoms with Crippen molar-refractivity contribution in [2.75, 3.05) is 28.1 Å². The number of allylic oxidation sites excluding steroid dienone is 1. The van der Waals surface area contributed by atoms with Gasteiger partial charge in [-0.2, -0.15) is 0 Å². The van der Waals surface area contributed by atoms with E-state index < -0.39 is 0 Å². The zero-order valence-corrected chi connectivity index (χ0v) is 19.5. The molecule has 2 aromatic rings. The van der Waals surface area contributed by atoms with Gasteiger partial charge in [0.25, 0.3) is 0 Å². The van der Waals surface area contributed by atoms with Crippen LogP contribution in [0.25, 0.3) is 6.08 Å². The van der Waals surface area contributed by atoms with E-state index in [1.165, 1.54) is 25.7 Å². The number of ether oxygens (including phenoxy) is 5. The number of Topliss-reactive ketones (excluding diaryl/α,β-unsaturated/α-hetero) is 1. The molecule has 0 N–H and O–H groups in total. The number of hydrogen-bond donors (Lipinski definition) is 0. The van der Waals surface area contributed by atoms with E-state index in [-0.39, 0.29) is 11.5 Å². The van der Waals surface area contributed by atoms with E-state index in [2.05, 4.69) is 4.90 Å². The molecule has 1 aliphatic carbocycles. The predicted molar refractivity (Wildman–Crippen MR) is 124 cm³/mol. The second-order valence-corrected chi connectivity index (χ2v) is 8.71. The highest BCUT2D eigenvalue weighted by Gasteiger charge is 2.35. The molecule has 0 aromatic heterocycles. The highest BCUT2D eigenvalue weighted by atomic mass is 16.5. The number of carbonyl (C=O) groups excluding carboxylic acids is 1. The number of ketones is 1. The van der Waals surface area contributed by atoms with Crippen LogP contribution < -0.4 is 23.7 Å². The molecule has 2 heterocycles. The Morgan fingerprint density at radius 3 is 2.36 bits per heavy atom. The van der Waals surface area contributed by atoms with Crippen molar-refractivity contribution in [1.29, 1.82) is 0 Å². The summed E-state index contributed by atoms with van der Waals surface area (Å²) in [7, 11) is 4.70. The van der Waals surface area contributed by atoms with Gasteiger partial charge in [-0.25, -0.2) is 0 Å². The number of hydrogen-bond acceptors (Lipinski definition) is 7. The lowest BCUT2D eigenvalue weighted by Gasteiger charge is -2.34. The van der Waals surface area contributed by atoms with E-state index in [0.29, 0.717) is 46.9 Å². The first-order chi connectivity index (χ1) is 16.0. The summed E-state index contributed by atoms with van der Waals surface area (Å²) in [6.45, 7) is 3.33. The van der Waals surface area contributed by atoms with Crippen molar-refractivity contribution in [3.05, 3.63) is 46.2 Å². The van der Waals surface area contributed by atoms with Crippen molar-refractivity contribution in [2.45, 2.75) is 45.2 Å². The molecule has 0 spiro atoms. The normalized spacial score (nSPS) is 19.2. The fourth-order valence-electron chi connectivity index (χ4n) is 5.08. The molecule has 5 rings (SSSR count). The summed E-state index contributed by atoms with van der Waals surface area (Å²) in [5.41, 5.74) is 3.15. The van der Waals surface area contributed by atoms with Crippen molar-refractivity contribution < 1.29 is 28.5 Å². The van der Waals surface area contributed by atoms with Crippen LogP contribution in [-0.4, -0.2) is 44.8 Å². The maximum Gasteiger partial charge on any atom is 0.231 e. The first kappa shape index (κ1) is 21.6. The molecule has 3 aliphatic rings. The molecule has 1 fully saturated rings. The fourth-order valence-corrected chi connectivity index (χ4v) is 5.08. The van der Waals surface area contributed by atoms with Crippen molar-refractivity contribution >= 4 is 11.9 Å². The van der Waals surface area contributed by atoms with Gasteiger partial charge in [-0.1, -0.05) is 12.8 Å². The van der Waals surface area contributed by atoms with Crippen molar-refractivity contribution in [1.82, 2.24) is 4.90 Å². The second-order valence-electron chi connectivity index (χ2n) is 8.71. The molecular formula is C26H29NO6. The molecule has 0 atom stereocenters. The Balaban J connectivity index is 1.49. The van der Waals surface area contributed by atoms with Gasteiger partial charge in [-0.3, -0.25) is 9.69 Å². The van der Waals surface area contributed by atoms with Crippen LogP contribution in [0.1, 0.15) is 52.7 Å². The fraction of sp³-hybridized carbons (Fsp3) is 0.423. The predicted octanol–water partition coefficient (Wildman–Crippen LogP) is 4.73. The third-order valence-corrected chi connectivity index (χ3v) is 6.83. The Bertz CT molecular complexity index is 1130. The number of methoxy groups -OCH3 is 3. The molecule has 0 bridgehead atoms. The zero-order valence-electron chi connectivity index (χ0n) is 19.5. The van der Waals surface area contributed by atoms with Crippen molar-refractivity contribution in [3.63, 3.8) is 0 Å². The summed E-state index contributed by atoms with van der Waals surface area (Å²) in [6, 6.07) is 6.00. The maximum absolute atomic E-state index is 13.3. The summed E-state index contributed by atoms with van der Waals surface area (Å²) in [4.78, 5) is 15.7. The lowest BCUT2D eigenvalue weighted by atomic mass is 9.99. The number of carbonyl (C=O) groups is 1. The topological polar surface area (TPSA) is 66.5 Å². The summed E-state index contributed by atoms with van der Waals surface area (Å²) >= 11 is 0. The highest BCUT2D eigenvalue weighted by molar-refractivity contribution is 6.15. The van der Waals surface area contributed by atoms with Gasteiger partial charge in [0.05, 0.1) is 26.9 Å². The summed E-state index contributed by atoms with van der Waals surface area (Å²) in [6.07, 6.45) is 6.66. The minimum atomic E-state index is -0.147. The van der Waals surface area contributed by atoms with E-state index in [0.717, 1.165) is 23.4 Å². The summed E-state index contributed by atoms with van der Waals surface area (Å²) in [5.74, 6) is 3.14.